The summed E-state index contributed by atoms with van der Waals surface area (Å²) in [6, 6.07) is 7.18. The van der Waals surface area contributed by atoms with Gasteiger partial charge in [-0.05, 0) is 24.3 Å². The van der Waals surface area contributed by atoms with Crippen LogP contribution in [0.2, 0.25) is 0 Å². The molecular weight excluding hydrogens is 305 g/mol. The normalized spacial score (nSPS) is 15.4. The van der Waals surface area contributed by atoms with Crippen molar-refractivity contribution >= 4 is 11.6 Å². The van der Waals surface area contributed by atoms with E-state index < -0.39 is 0 Å². The largest absolute Gasteiger partial charge is 0.508 e. The van der Waals surface area contributed by atoms with E-state index in [1.54, 1.807) is 19.1 Å². The maximum absolute atomic E-state index is 11.2. The third-order valence-corrected chi connectivity index (χ3v) is 2.94. The zero-order valence-corrected chi connectivity index (χ0v) is 11.5. The molecule has 1 saturated heterocycles. The standard InChI is InChI=1S/C12H16N2O2.Ru/c1-10(15)13-6-8-14(9-7-13)11-2-4-12(16)5-3-11;/h2-5,16H,6-9H2,1H3;. The first-order chi connectivity index (χ1) is 7.66. The zero-order valence-electron chi connectivity index (χ0n) is 9.74. The summed E-state index contributed by atoms with van der Waals surface area (Å²) in [5.41, 5.74) is 1.10. The van der Waals surface area contributed by atoms with E-state index in [0.717, 1.165) is 31.9 Å². The third-order valence-electron chi connectivity index (χ3n) is 2.94. The summed E-state index contributed by atoms with van der Waals surface area (Å²) in [4.78, 5) is 15.2. The SMILES string of the molecule is CC(=O)N1CCN(c2ccc(O)cc2)CC1.[Ru]. The average Bonchev–Trinajstić information content (AvgIpc) is 2.30. The Labute approximate surface area is 114 Å². The van der Waals surface area contributed by atoms with Gasteiger partial charge >= 0.3 is 0 Å². The monoisotopic (exact) mass is 322 g/mol. The van der Waals surface area contributed by atoms with E-state index in [0.29, 0.717) is 0 Å². The fourth-order valence-corrected chi connectivity index (χ4v) is 1.94. The van der Waals surface area contributed by atoms with Crippen molar-refractivity contribution in [2.75, 3.05) is 31.1 Å². The number of aromatic hydroxyl groups is 1. The molecule has 17 heavy (non-hydrogen) atoms. The Kier molecular flexibility index (Phi) is 4.94. The second-order valence-electron chi connectivity index (χ2n) is 4.01. The third kappa shape index (κ3) is 3.43. The number of phenolic OH excluding ortho intramolecular Hbond substituents is 1. The van der Waals surface area contributed by atoms with E-state index in [1.165, 1.54) is 0 Å². The fraction of sp³-hybridized carbons (Fsp3) is 0.417. The van der Waals surface area contributed by atoms with Crippen LogP contribution >= 0.6 is 0 Å². The molecule has 0 atom stereocenters. The fourth-order valence-electron chi connectivity index (χ4n) is 1.94. The van der Waals surface area contributed by atoms with Gasteiger partial charge in [-0.15, -0.1) is 0 Å². The molecular formula is C12H16N2O2Ru. The molecule has 0 radical (unpaired) electrons. The van der Waals surface area contributed by atoms with E-state index in [9.17, 15) is 9.90 Å². The first-order valence-electron chi connectivity index (χ1n) is 5.46. The van der Waals surface area contributed by atoms with Crippen LogP contribution in [0, 0.1) is 0 Å². The molecule has 0 unspecified atom stereocenters. The molecule has 0 aliphatic carbocycles. The zero-order chi connectivity index (χ0) is 11.5. The van der Waals surface area contributed by atoms with E-state index in [4.69, 9.17) is 0 Å². The first kappa shape index (κ1) is 14.0. The molecule has 1 fully saturated rings. The summed E-state index contributed by atoms with van der Waals surface area (Å²) in [7, 11) is 0. The minimum Gasteiger partial charge on any atom is -0.508 e. The molecule has 1 aromatic rings. The Hall–Kier alpha value is -1.09. The van der Waals surface area contributed by atoms with E-state index in [1.807, 2.05) is 17.0 Å². The maximum atomic E-state index is 11.2. The second kappa shape index (κ2) is 6.01. The van der Waals surface area contributed by atoms with Crippen molar-refractivity contribution in [2.45, 2.75) is 6.92 Å². The van der Waals surface area contributed by atoms with Gasteiger partial charge in [0.25, 0.3) is 0 Å². The molecule has 1 N–H and O–H groups in total. The van der Waals surface area contributed by atoms with E-state index in [2.05, 4.69) is 4.90 Å². The number of rotatable bonds is 1. The van der Waals surface area contributed by atoms with Gasteiger partial charge in [0.2, 0.25) is 5.91 Å². The van der Waals surface area contributed by atoms with Crippen LogP contribution in [0.3, 0.4) is 0 Å². The molecule has 0 spiro atoms. The van der Waals surface area contributed by atoms with Gasteiger partial charge < -0.3 is 14.9 Å². The molecule has 1 aromatic carbocycles. The topological polar surface area (TPSA) is 43.8 Å². The number of amides is 1. The van der Waals surface area contributed by atoms with Gasteiger partial charge in [0, 0.05) is 58.3 Å². The summed E-state index contributed by atoms with van der Waals surface area (Å²) >= 11 is 0. The van der Waals surface area contributed by atoms with Crippen molar-refractivity contribution in [3.8, 4) is 5.75 Å². The van der Waals surface area contributed by atoms with E-state index >= 15 is 0 Å². The van der Waals surface area contributed by atoms with Crippen LogP contribution in [0.5, 0.6) is 5.75 Å². The predicted molar refractivity (Wildman–Crippen MR) is 62.6 cm³/mol. The Morgan fingerprint density at radius 3 is 2.12 bits per heavy atom. The number of nitrogens with zero attached hydrogens (tertiary/aromatic N) is 2. The van der Waals surface area contributed by atoms with Crippen LogP contribution in [0.4, 0.5) is 5.69 Å². The van der Waals surface area contributed by atoms with Crippen LogP contribution in [-0.4, -0.2) is 42.1 Å². The smallest absolute Gasteiger partial charge is 0.219 e. The van der Waals surface area contributed by atoms with Crippen molar-refractivity contribution in [3.05, 3.63) is 24.3 Å². The number of anilines is 1. The summed E-state index contributed by atoms with van der Waals surface area (Å²) in [6.45, 7) is 4.86. The Bertz CT molecular complexity index is 373. The van der Waals surface area contributed by atoms with Crippen molar-refractivity contribution in [2.24, 2.45) is 0 Å². The Morgan fingerprint density at radius 2 is 1.65 bits per heavy atom. The summed E-state index contributed by atoms with van der Waals surface area (Å²) < 4.78 is 0. The van der Waals surface area contributed by atoms with Gasteiger partial charge in [-0.25, -0.2) is 0 Å². The van der Waals surface area contributed by atoms with Gasteiger partial charge in [-0.1, -0.05) is 0 Å². The molecule has 0 aromatic heterocycles. The number of hydrogen-bond donors (Lipinski definition) is 1. The van der Waals surface area contributed by atoms with Crippen LogP contribution in [0.25, 0.3) is 0 Å². The number of carbonyl (C=O) groups is 1. The second-order valence-corrected chi connectivity index (χ2v) is 4.01. The van der Waals surface area contributed by atoms with Crippen molar-refractivity contribution in [1.29, 1.82) is 0 Å². The number of benzene rings is 1. The van der Waals surface area contributed by atoms with Crippen LogP contribution in [0.1, 0.15) is 6.92 Å². The van der Waals surface area contributed by atoms with Gasteiger partial charge in [0.15, 0.2) is 0 Å². The first-order valence-corrected chi connectivity index (χ1v) is 5.46. The predicted octanol–water partition coefficient (Wildman–Crippen LogP) is 1.06. The van der Waals surface area contributed by atoms with Crippen LogP contribution in [0.15, 0.2) is 24.3 Å². The maximum Gasteiger partial charge on any atom is 0.219 e. The molecule has 94 valence electrons. The molecule has 1 aliphatic heterocycles. The Morgan fingerprint density at radius 1 is 1.12 bits per heavy atom. The molecule has 0 saturated carbocycles. The van der Waals surface area contributed by atoms with Crippen molar-refractivity contribution in [3.63, 3.8) is 0 Å². The number of piperazine rings is 1. The molecule has 5 heteroatoms. The average molecular weight is 321 g/mol. The minimum atomic E-state index is 0. The van der Waals surface area contributed by atoms with Crippen LogP contribution in [-0.2, 0) is 24.3 Å². The van der Waals surface area contributed by atoms with Gasteiger partial charge in [-0.3, -0.25) is 4.79 Å². The number of phenols is 1. The van der Waals surface area contributed by atoms with Gasteiger partial charge in [0.05, 0.1) is 0 Å². The molecule has 4 nitrogen and oxygen atoms in total. The molecule has 1 heterocycles. The van der Waals surface area contributed by atoms with E-state index in [-0.39, 0.29) is 31.1 Å². The molecule has 1 aliphatic rings. The summed E-state index contributed by atoms with van der Waals surface area (Å²) in [5, 5.41) is 9.20. The summed E-state index contributed by atoms with van der Waals surface area (Å²) in [5.74, 6) is 0.427. The van der Waals surface area contributed by atoms with Crippen molar-refractivity contribution in [1.82, 2.24) is 4.90 Å². The molecule has 0 bridgehead atoms. The number of hydrogen-bond acceptors (Lipinski definition) is 3. The molecule has 2 rings (SSSR count). The number of carbonyl (C=O) groups excluding carboxylic acids is 1. The minimum absolute atomic E-state index is 0. The summed E-state index contributed by atoms with van der Waals surface area (Å²) in [6.07, 6.45) is 0. The van der Waals surface area contributed by atoms with Crippen molar-refractivity contribution < 1.29 is 29.4 Å². The van der Waals surface area contributed by atoms with Gasteiger partial charge in [0.1, 0.15) is 5.75 Å². The van der Waals surface area contributed by atoms with Gasteiger partial charge in [-0.2, -0.15) is 0 Å². The molecule has 1 amide bonds. The Balaban J connectivity index is 0.00000144. The quantitative estimate of drug-likeness (QED) is 0.787. The van der Waals surface area contributed by atoms with Crippen LogP contribution < -0.4 is 4.90 Å².